The van der Waals surface area contributed by atoms with E-state index in [1.807, 2.05) is 0 Å². The van der Waals surface area contributed by atoms with E-state index >= 15 is 0 Å². The molecule has 3 unspecified atom stereocenters. The van der Waals surface area contributed by atoms with Crippen LogP contribution in [0.4, 0.5) is 0 Å². The number of hydrogen-bond acceptors (Lipinski definition) is 3. The monoisotopic (exact) mass is 355 g/mol. The molecule has 21 heavy (non-hydrogen) atoms. The van der Waals surface area contributed by atoms with Crippen LogP contribution in [0.25, 0.3) is 0 Å². The minimum Gasteiger partial charge on any atom is -0.489 e. The van der Waals surface area contributed by atoms with E-state index in [0.29, 0.717) is 12.1 Å². The average molecular weight is 356 g/mol. The Bertz CT molecular complexity index is 452. The highest BCUT2D eigenvalue weighted by molar-refractivity contribution is 9.10. The summed E-state index contributed by atoms with van der Waals surface area (Å²) in [5, 5.41) is 3.43. The van der Waals surface area contributed by atoms with Gasteiger partial charge in [-0.3, -0.25) is 0 Å². The maximum atomic E-state index is 6.17. The SMILES string of the molecule is CCNC(C)c1ccc(OC2CCCC(OC)C2)c(Br)c1. The van der Waals surface area contributed by atoms with Gasteiger partial charge in [-0.15, -0.1) is 0 Å². The van der Waals surface area contributed by atoms with Gasteiger partial charge in [0.1, 0.15) is 11.9 Å². The first-order valence-corrected chi connectivity index (χ1v) is 8.65. The second-order valence-electron chi connectivity index (χ2n) is 5.73. The third-order valence-corrected chi connectivity index (χ3v) is 4.79. The molecular formula is C17H26BrNO2. The van der Waals surface area contributed by atoms with Crippen LogP contribution in [0.2, 0.25) is 0 Å². The van der Waals surface area contributed by atoms with Gasteiger partial charge in [0, 0.05) is 19.6 Å². The molecule has 0 bridgehead atoms. The highest BCUT2D eigenvalue weighted by Crippen LogP contribution is 2.32. The fraction of sp³-hybridized carbons (Fsp3) is 0.647. The summed E-state index contributed by atoms with van der Waals surface area (Å²) in [7, 11) is 1.79. The Morgan fingerprint density at radius 3 is 2.76 bits per heavy atom. The van der Waals surface area contributed by atoms with E-state index in [1.54, 1.807) is 7.11 Å². The zero-order valence-corrected chi connectivity index (χ0v) is 14.8. The predicted molar refractivity (Wildman–Crippen MR) is 89.9 cm³/mol. The lowest BCUT2D eigenvalue weighted by atomic mass is 9.95. The summed E-state index contributed by atoms with van der Waals surface area (Å²) in [5.74, 6) is 0.934. The quantitative estimate of drug-likeness (QED) is 0.817. The third kappa shape index (κ3) is 4.70. The van der Waals surface area contributed by atoms with E-state index in [2.05, 4.69) is 53.3 Å². The fourth-order valence-corrected chi connectivity index (χ4v) is 3.40. The van der Waals surface area contributed by atoms with Crippen molar-refractivity contribution in [1.29, 1.82) is 0 Å². The minimum absolute atomic E-state index is 0.261. The molecule has 118 valence electrons. The van der Waals surface area contributed by atoms with Gasteiger partial charge in [-0.05, 0) is 66.4 Å². The van der Waals surface area contributed by atoms with Crippen LogP contribution in [0.1, 0.15) is 51.1 Å². The van der Waals surface area contributed by atoms with Gasteiger partial charge in [-0.1, -0.05) is 13.0 Å². The lowest BCUT2D eigenvalue weighted by Gasteiger charge is -2.29. The molecule has 1 saturated carbocycles. The van der Waals surface area contributed by atoms with Crippen molar-refractivity contribution >= 4 is 15.9 Å². The minimum atomic E-state index is 0.261. The first-order valence-electron chi connectivity index (χ1n) is 7.86. The lowest BCUT2D eigenvalue weighted by Crippen LogP contribution is -2.29. The molecule has 1 N–H and O–H groups in total. The molecule has 0 radical (unpaired) electrons. The summed E-state index contributed by atoms with van der Waals surface area (Å²) in [6.45, 7) is 5.27. The van der Waals surface area contributed by atoms with Gasteiger partial charge >= 0.3 is 0 Å². The zero-order chi connectivity index (χ0) is 15.2. The number of methoxy groups -OCH3 is 1. The Balaban J connectivity index is 2.00. The summed E-state index contributed by atoms with van der Waals surface area (Å²) < 4.78 is 12.7. The first-order chi connectivity index (χ1) is 10.1. The normalized spacial score (nSPS) is 23.8. The summed E-state index contributed by atoms with van der Waals surface area (Å²) >= 11 is 3.64. The van der Waals surface area contributed by atoms with Crippen molar-refractivity contribution in [1.82, 2.24) is 5.32 Å². The van der Waals surface area contributed by atoms with Crippen LogP contribution in [0.5, 0.6) is 5.75 Å². The van der Waals surface area contributed by atoms with Crippen molar-refractivity contribution < 1.29 is 9.47 Å². The van der Waals surface area contributed by atoms with Gasteiger partial charge in [0.25, 0.3) is 0 Å². The van der Waals surface area contributed by atoms with Crippen molar-refractivity contribution in [3.8, 4) is 5.75 Å². The molecular weight excluding hydrogens is 330 g/mol. The van der Waals surface area contributed by atoms with Crippen molar-refractivity contribution in [3.05, 3.63) is 28.2 Å². The number of rotatable bonds is 6. The predicted octanol–water partition coefficient (Wildman–Crippen LogP) is 4.46. The number of benzene rings is 1. The maximum absolute atomic E-state index is 6.17. The molecule has 0 aromatic heterocycles. The van der Waals surface area contributed by atoms with E-state index in [9.17, 15) is 0 Å². The number of nitrogens with one attached hydrogen (secondary N) is 1. The van der Waals surface area contributed by atoms with Crippen LogP contribution in [0, 0.1) is 0 Å². The van der Waals surface area contributed by atoms with Crippen LogP contribution >= 0.6 is 15.9 Å². The van der Waals surface area contributed by atoms with Crippen LogP contribution in [0.15, 0.2) is 22.7 Å². The van der Waals surface area contributed by atoms with Crippen LogP contribution in [-0.4, -0.2) is 25.9 Å². The molecule has 1 aromatic carbocycles. The topological polar surface area (TPSA) is 30.5 Å². The smallest absolute Gasteiger partial charge is 0.133 e. The van der Waals surface area contributed by atoms with Gasteiger partial charge in [0.2, 0.25) is 0 Å². The number of ether oxygens (including phenoxy) is 2. The Morgan fingerprint density at radius 1 is 1.33 bits per heavy atom. The molecule has 4 heteroatoms. The zero-order valence-electron chi connectivity index (χ0n) is 13.2. The standard InChI is InChI=1S/C17H26BrNO2/c1-4-19-12(2)13-8-9-17(16(18)10-13)21-15-7-5-6-14(11-15)20-3/h8-10,12,14-15,19H,4-7,11H2,1-3H3. The summed E-state index contributed by atoms with van der Waals surface area (Å²) in [5.41, 5.74) is 1.27. The second kappa shape index (κ2) is 8.16. The largest absolute Gasteiger partial charge is 0.489 e. The molecule has 1 aromatic rings. The lowest BCUT2D eigenvalue weighted by molar-refractivity contribution is 0.0207. The van der Waals surface area contributed by atoms with Gasteiger partial charge in [-0.2, -0.15) is 0 Å². The Hall–Kier alpha value is -0.580. The molecule has 0 spiro atoms. The fourth-order valence-electron chi connectivity index (χ4n) is 2.91. The second-order valence-corrected chi connectivity index (χ2v) is 6.59. The highest BCUT2D eigenvalue weighted by Gasteiger charge is 2.23. The highest BCUT2D eigenvalue weighted by atomic mass is 79.9. The maximum Gasteiger partial charge on any atom is 0.133 e. The summed E-state index contributed by atoms with van der Waals surface area (Å²) in [6.07, 6.45) is 5.03. The molecule has 1 fully saturated rings. The Labute approximate surface area is 136 Å². The van der Waals surface area contributed by atoms with Crippen LogP contribution < -0.4 is 10.1 Å². The van der Waals surface area contributed by atoms with Crippen molar-refractivity contribution in [2.45, 2.75) is 57.8 Å². The Morgan fingerprint density at radius 2 is 2.10 bits per heavy atom. The molecule has 0 heterocycles. The van der Waals surface area contributed by atoms with Crippen molar-refractivity contribution in [2.75, 3.05) is 13.7 Å². The van der Waals surface area contributed by atoms with E-state index in [0.717, 1.165) is 36.0 Å². The van der Waals surface area contributed by atoms with Crippen molar-refractivity contribution in [2.24, 2.45) is 0 Å². The van der Waals surface area contributed by atoms with Crippen LogP contribution in [0.3, 0.4) is 0 Å². The van der Waals surface area contributed by atoms with E-state index in [-0.39, 0.29) is 6.10 Å². The van der Waals surface area contributed by atoms with Gasteiger partial charge < -0.3 is 14.8 Å². The molecule has 0 aliphatic heterocycles. The molecule has 3 atom stereocenters. The molecule has 1 aliphatic rings. The van der Waals surface area contributed by atoms with Crippen LogP contribution in [-0.2, 0) is 4.74 Å². The molecule has 2 rings (SSSR count). The van der Waals surface area contributed by atoms with Gasteiger partial charge in [0.05, 0.1) is 10.6 Å². The molecule has 0 amide bonds. The first kappa shape index (κ1) is 16.8. The summed E-state index contributed by atoms with van der Waals surface area (Å²) in [6, 6.07) is 6.72. The Kier molecular flexibility index (Phi) is 6.52. The van der Waals surface area contributed by atoms with Gasteiger partial charge in [0.15, 0.2) is 0 Å². The van der Waals surface area contributed by atoms with Gasteiger partial charge in [-0.25, -0.2) is 0 Å². The molecule has 1 aliphatic carbocycles. The third-order valence-electron chi connectivity index (χ3n) is 4.17. The number of halogens is 1. The van der Waals surface area contributed by atoms with E-state index in [4.69, 9.17) is 9.47 Å². The molecule has 3 nitrogen and oxygen atoms in total. The van der Waals surface area contributed by atoms with E-state index in [1.165, 1.54) is 12.0 Å². The van der Waals surface area contributed by atoms with E-state index < -0.39 is 0 Å². The van der Waals surface area contributed by atoms with Crippen molar-refractivity contribution in [3.63, 3.8) is 0 Å². The number of hydrogen-bond donors (Lipinski definition) is 1. The molecule has 0 saturated heterocycles. The summed E-state index contributed by atoms with van der Waals surface area (Å²) in [4.78, 5) is 0. The average Bonchev–Trinajstić information content (AvgIpc) is 2.49.